The molecule has 170 valence electrons. The lowest BCUT2D eigenvalue weighted by molar-refractivity contribution is 0.373. The fourth-order valence-electron chi connectivity index (χ4n) is 3.43. The van der Waals surface area contributed by atoms with Crippen molar-refractivity contribution < 1.29 is 14.6 Å². The zero-order chi connectivity index (χ0) is 23.9. The maximum absolute atomic E-state index is 10.9. The summed E-state index contributed by atoms with van der Waals surface area (Å²) in [5.74, 6) is 0.920. The van der Waals surface area contributed by atoms with E-state index in [9.17, 15) is 10.0 Å². The number of rotatable bonds is 8. The quantitative estimate of drug-likeness (QED) is 0.315. The van der Waals surface area contributed by atoms with Gasteiger partial charge in [-0.15, -0.1) is 4.91 Å². The molecule has 7 nitrogen and oxygen atoms in total. The summed E-state index contributed by atoms with van der Waals surface area (Å²) in [7, 11) is 3.02. The molecule has 0 spiro atoms. The van der Waals surface area contributed by atoms with Gasteiger partial charge < -0.3 is 14.6 Å². The van der Waals surface area contributed by atoms with E-state index in [2.05, 4.69) is 5.18 Å². The standard InChI is InChI=1S/C27H23N3O4/c1-33-26-16-19(10-14-24(26)29-32)8-12-21-18-23(30(28-21)22-6-4-3-5-7-22)13-9-20-11-15-25(31)27(17-20)34-2/h3-18,31H,1-2H3/b12-8+,13-9+. The maximum Gasteiger partial charge on any atom is 0.161 e. The molecular weight excluding hydrogens is 430 g/mol. The third-order valence-electron chi connectivity index (χ3n) is 5.16. The Morgan fingerprint density at radius 3 is 2.21 bits per heavy atom. The molecule has 0 aliphatic rings. The number of nitrogens with zero attached hydrogens (tertiary/aromatic N) is 3. The van der Waals surface area contributed by atoms with Crippen molar-refractivity contribution in [3.05, 3.63) is 100 Å². The van der Waals surface area contributed by atoms with E-state index in [0.717, 1.165) is 28.2 Å². The molecule has 7 heteroatoms. The van der Waals surface area contributed by atoms with Crippen molar-refractivity contribution in [1.29, 1.82) is 0 Å². The molecule has 3 aromatic carbocycles. The van der Waals surface area contributed by atoms with E-state index in [-0.39, 0.29) is 11.4 Å². The lowest BCUT2D eigenvalue weighted by Gasteiger charge is -2.05. The van der Waals surface area contributed by atoms with Crippen LogP contribution in [-0.2, 0) is 0 Å². The van der Waals surface area contributed by atoms with Crippen LogP contribution in [0.2, 0.25) is 0 Å². The van der Waals surface area contributed by atoms with Gasteiger partial charge in [-0.3, -0.25) is 0 Å². The van der Waals surface area contributed by atoms with Crippen molar-refractivity contribution in [2.45, 2.75) is 0 Å². The summed E-state index contributed by atoms with van der Waals surface area (Å²) >= 11 is 0. The van der Waals surface area contributed by atoms with Crippen LogP contribution in [0.15, 0.2) is 78.0 Å². The van der Waals surface area contributed by atoms with Gasteiger partial charge in [0.25, 0.3) is 0 Å². The predicted molar refractivity (Wildman–Crippen MR) is 135 cm³/mol. The molecular formula is C27H23N3O4. The number of hydrogen-bond donors (Lipinski definition) is 1. The number of aromatic hydroxyl groups is 1. The van der Waals surface area contributed by atoms with Gasteiger partial charge in [-0.1, -0.05) is 42.5 Å². The Hall–Kier alpha value is -4.65. The third kappa shape index (κ3) is 5.05. The summed E-state index contributed by atoms with van der Waals surface area (Å²) in [6, 6.07) is 22.1. The highest BCUT2D eigenvalue weighted by Crippen LogP contribution is 2.29. The number of ether oxygens (including phenoxy) is 2. The number of hydrogen-bond acceptors (Lipinski definition) is 6. The molecule has 1 heterocycles. The Bertz CT molecular complexity index is 1360. The summed E-state index contributed by atoms with van der Waals surface area (Å²) < 4.78 is 12.3. The van der Waals surface area contributed by atoms with Gasteiger partial charge in [0.15, 0.2) is 11.5 Å². The first kappa shape index (κ1) is 22.5. The Morgan fingerprint density at radius 1 is 0.824 bits per heavy atom. The number of phenolic OH excluding ortho intramolecular Hbond substituents is 1. The van der Waals surface area contributed by atoms with Crippen molar-refractivity contribution in [3.63, 3.8) is 0 Å². The van der Waals surface area contributed by atoms with Crippen LogP contribution in [0.1, 0.15) is 22.5 Å². The summed E-state index contributed by atoms with van der Waals surface area (Å²) in [5.41, 5.74) is 4.54. The normalized spacial score (nSPS) is 11.2. The van der Waals surface area contributed by atoms with Gasteiger partial charge >= 0.3 is 0 Å². The average molecular weight is 453 g/mol. The van der Waals surface area contributed by atoms with E-state index in [0.29, 0.717) is 11.5 Å². The summed E-state index contributed by atoms with van der Waals surface area (Å²) in [6.45, 7) is 0. The number of phenols is 1. The van der Waals surface area contributed by atoms with Crippen LogP contribution < -0.4 is 9.47 Å². The van der Waals surface area contributed by atoms with Gasteiger partial charge in [-0.2, -0.15) is 5.10 Å². The Balaban J connectivity index is 1.68. The number of methoxy groups -OCH3 is 2. The molecule has 0 saturated carbocycles. The van der Waals surface area contributed by atoms with E-state index < -0.39 is 0 Å². The molecule has 0 saturated heterocycles. The zero-order valence-corrected chi connectivity index (χ0v) is 18.8. The van der Waals surface area contributed by atoms with Crippen LogP contribution in [0, 0.1) is 4.91 Å². The summed E-state index contributed by atoms with van der Waals surface area (Å²) in [6.07, 6.45) is 7.68. The highest BCUT2D eigenvalue weighted by Gasteiger charge is 2.08. The predicted octanol–water partition coefficient (Wildman–Crippen LogP) is 6.33. The second-order valence-electron chi connectivity index (χ2n) is 7.36. The van der Waals surface area contributed by atoms with E-state index in [1.54, 1.807) is 30.3 Å². The molecule has 0 bridgehead atoms. The molecule has 1 N–H and O–H groups in total. The Labute approximate surface area is 197 Å². The second-order valence-corrected chi connectivity index (χ2v) is 7.36. The van der Waals surface area contributed by atoms with Crippen LogP contribution in [-0.4, -0.2) is 29.1 Å². The number of benzene rings is 3. The molecule has 4 aromatic rings. The van der Waals surface area contributed by atoms with E-state index in [4.69, 9.17) is 14.6 Å². The molecule has 0 atom stereocenters. The minimum atomic E-state index is 0.0926. The van der Waals surface area contributed by atoms with Crippen molar-refractivity contribution in [1.82, 2.24) is 9.78 Å². The molecule has 0 radical (unpaired) electrons. The number of para-hydroxylation sites is 1. The molecule has 0 amide bonds. The van der Waals surface area contributed by atoms with Gasteiger partial charge in [0.05, 0.1) is 31.3 Å². The molecule has 4 rings (SSSR count). The van der Waals surface area contributed by atoms with Crippen LogP contribution in [0.5, 0.6) is 17.2 Å². The fourth-order valence-corrected chi connectivity index (χ4v) is 3.43. The SMILES string of the molecule is COc1cc(/C=C/c2cc(/C=C/c3ccc(N=O)c(OC)c3)nn2-c2ccccc2)ccc1O. The largest absolute Gasteiger partial charge is 0.504 e. The Kier molecular flexibility index (Phi) is 6.84. The monoisotopic (exact) mass is 453 g/mol. The first-order valence-electron chi connectivity index (χ1n) is 10.5. The van der Waals surface area contributed by atoms with Crippen LogP contribution in [0.3, 0.4) is 0 Å². The fraction of sp³-hybridized carbons (Fsp3) is 0.0741. The second kappa shape index (κ2) is 10.3. The lowest BCUT2D eigenvalue weighted by atomic mass is 10.1. The topological polar surface area (TPSA) is 85.9 Å². The van der Waals surface area contributed by atoms with Gasteiger partial charge in [0.2, 0.25) is 0 Å². The highest BCUT2D eigenvalue weighted by atomic mass is 16.5. The average Bonchev–Trinajstić information content (AvgIpc) is 3.30. The van der Waals surface area contributed by atoms with Gasteiger partial charge in [-0.05, 0) is 70.9 Å². The van der Waals surface area contributed by atoms with Crippen molar-refractivity contribution in [3.8, 4) is 22.9 Å². The van der Waals surface area contributed by atoms with Gasteiger partial charge in [0.1, 0.15) is 11.4 Å². The minimum absolute atomic E-state index is 0.0926. The van der Waals surface area contributed by atoms with Crippen molar-refractivity contribution >= 4 is 30.0 Å². The van der Waals surface area contributed by atoms with E-state index in [1.165, 1.54) is 14.2 Å². The maximum atomic E-state index is 10.9. The van der Waals surface area contributed by atoms with Crippen LogP contribution >= 0.6 is 0 Å². The smallest absolute Gasteiger partial charge is 0.161 e. The molecule has 0 aliphatic carbocycles. The number of nitroso groups, excluding NO2 is 1. The van der Waals surface area contributed by atoms with Crippen LogP contribution in [0.4, 0.5) is 5.69 Å². The molecule has 1 aromatic heterocycles. The highest BCUT2D eigenvalue weighted by molar-refractivity contribution is 5.74. The zero-order valence-electron chi connectivity index (χ0n) is 18.8. The molecule has 0 aliphatic heterocycles. The third-order valence-corrected chi connectivity index (χ3v) is 5.16. The molecule has 34 heavy (non-hydrogen) atoms. The van der Waals surface area contributed by atoms with Crippen molar-refractivity contribution in [2.75, 3.05) is 14.2 Å². The van der Waals surface area contributed by atoms with E-state index in [1.807, 2.05) is 71.5 Å². The minimum Gasteiger partial charge on any atom is -0.504 e. The van der Waals surface area contributed by atoms with Gasteiger partial charge in [0, 0.05) is 0 Å². The Morgan fingerprint density at radius 2 is 1.50 bits per heavy atom. The molecule has 0 fully saturated rings. The lowest BCUT2D eigenvalue weighted by Crippen LogP contribution is -1.98. The first-order chi connectivity index (χ1) is 16.6. The van der Waals surface area contributed by atoms with E-state index >= 15 is 0 Å². The molecule has 0 unspecified atom stereocenters. The number of aromatic nitrogens is 2. The van der Waals surface area contributed by atoms with Crippen LogP contribution in [0.25, 0.3) is 30.0 Å². The first-order valence-corrected chi connectivity index (χ1v) is 10.5. The summed E-state index contributed by atoms with van der Waals surface area (Å²) in [4.78, 5) is 10.9. The van der Waals surface area contributed by atoms with Crippen molar-refractivity contribution in [2.24, 2.45) is 5.18 Å². The van der Waals surface area contributed by atoms with Gasteiger partial charge in [-0.25, -0.2) is 4.68 Å². The summed E-state index contributed by atoms with van der Waals surface area (Å²) in [5, 5.41) is 17.5.